The minimum absolute atomic E-state index is 0.443. The van der Waals surface area contributed by atoms with Gasteiger partial charge in [-0.05, 0) is 56.4 Å². The predicted molar refractivity (Wildman–Crippen MR) is 125 cm³/mol. The summed E-state index contributed by atoms with van der Waals surface area (Å²) in [5.41, 5.74) is 3.85. The minimum Gasteiger partial charge on any atom is -0.361 e. The van der Waals surface area contributed by atoms with Crippen molar-refractivity contribution in [3.8, 4) is 0 Å². The topological polar surface area (TPSA) is 68.3 Å². The molecule has 1 aliphatic heterocycles. The molecular weight excluding hydrogens is 372 g/mol. The molecule has 3 aromatic rings. The van der Waals surface area contributed by atoms with Crippen molar-refractivity contribution in [2.45, 2.75) is 39.2 Å². The third kappa shape index (κ3) is 4.75. The summed E-state index contributed by atoms with van der Waals surface area (Å²) in [6.45, 7) is 7.93. The van der Waals surface area contributed by atoms with E-state index in [0.717, 1.165) is 57.2 Å². The van der Waals surface area contributed by atoms with Crippen LogP contribution in [-0.2, 0) is 6.42 Å². The molecule has 0 spiro atoms. The van der Waals surface area contributed by atoms with E-state index >= 15 is 0 Å². The van der Waals surface area contributed by atoms with Crippen molar-refractivity contribution in [3.05, 3.63) is 59.9 Å². The molecule has 0 unspecified atom stereocenters. The molecule has 3 N–H and O–H groups in total. The molecule has 0 aliphatic carbocycles. The highest BCUT2D eigenvalue weighted by molar-refractivity contribution is 5.86. The first-order valence-electron chi connectivity index (χ1n) is 11.0. The van der Waals surface area contributed by atoms with Gasteiger partial charge in [0.1, 0.15) is 5.82 Å². The number of aliphatic imine (C=N–C) groups is 1. The number of pyridine rings is 1. The smallest absolute Gasteiger partial charge is 0.191 e. The Bertz CT molecular complexity index is 970. The Morgan fingerprint density at radius 2 is 2.07 bits per heavy atom. The zero-order valence-electron chi connectivity index (χ0n) is 18.0. The van der Waals surface area contributed by atoms with Crippen LogP contribution in [0.3, 0.4) is 0 Å². The number of aryl methyl sites for hydroxylation is 1. The van der Waals surface area contributed by atoms with Crippen LogP contribution < -0.4 is 15.5 Å². The molecule has 1 aromatic carbocycles. The molecule has 4 rings (SSSR count). The van der Waals surface area contributed by atoms with Crippen LogP contribution in [0.1, 0.15) is 30.9 Å². The van der Waals surface area contributed by atoms with Crippen molar-refractivity contribution in [2.24, 2.45) is 4.99 Å². The fourth-order valence-corrected chi connectivity index (χ4v) is 4.17. The number of fused-ring (bicyclic) bond motifs is 1. The SMILES string of the molecule is CCNC(=NCCc1c[nH]c2c(C)cccc12)NC1CCN(c2ccccn2)CC1. The van der Waals surface area contributed by atoms with E-state index in [9.17, 15) is 0 Å². The van der Waals surface area contributed by atoms with Gasteiger partial charge >= 0.3 is 0 Å². The largest absolute Gasteiger partial charge is 0.361 e. The number of nitrogens with zero attached hydrogens (tertiary/aromatic N) is 3. The zero-order chi connectivity index (χ0) is 20.8. The normalized spacial score (nSPS) is 15.5. The molecule has 0 saturated carbocycles. The lowest BCUT2D eigenvalue weighted by Gasteiger charge is -2.33. The van der Waals surface area contributed by atoms with Crippen molar-refractivity contribution in [1.82, 2.24) is 20.6 Å². The van der Waals surface area contributed by atoms with E-state index in [0.29, 0.717) is 6.04 Å². The number of aromatic nitrogens is 2. The van der Waals surface area contributed by atoms with Gasteiger partial charge in [-0.15, -0.1) is 0 Å². The van der Waals surface area contributed by atoms with E-state index in [2.05, 4.69) is 75.9 Å². The van der Waals surface area contributed by atoms with Gasteiger partial charge < -0.3 is 20.5 Å². The summed E-state index contributed by atoms with van der Waals surface area (Å²) in [5.74, 6) is 2.00. The third-order valence-electron chi connectivity index (χ3n) is 5.81. The van der Waals surface area contributed by atoms with Gasteiger partial charge in [0.2, 0.25) is 0 Å². The molecule has 1 fully saturated rings. The van der Waals surface area contributed by atoms with Crippen LogP contribution in [0.15, 0.2) is 53.8 Å². The average molecular weight is 405 g/mol. The molecule has 158 valence electrons. The summed E-state index contributed by atoms with van der Waals surface area (Å²) in [4.78, 5) is 15.1. The first-order chi connectivity index (χ1) is 14.7. The van der Waals surface area contributed by atoms with Crippen LogP contribution in [0.5, 0.6) is 0 Å². The van der Waals surface area contributed by atoms with Crippen LogP contribution >= 0.6 is 0 Å². The molecule has 0 amide bonds. The third-order valence-corrected chi connectivity index (χ3v) is 5.81. The zero-order valence-corrected chi connectivity index (χ0v) is 18.0. The van der Waals surface area contributed by atoms with Gasteiger partial charge in [-0.2, -0.15) is 0 Å². The number of hydrogen-bond donors (Lipinski definition) is 3. The van der Waals surface area contributed by atoms with E-state index in [1.807, 2.05) is 12.3 Å². The Kier molecular flexibility index (Phi) is 6.52. The Labute approximate surface area is 178 Å². The Morgan fingerprint density at radius 1 is 1.20 bits per heavy atom. The maximum atomic E-state index is 4.84. The molecule has 0 bridgehead atoms. The van der Waals surface area contributed by atoms with Crippen LogP contribution in [0.4, 0.5) is 5.82 Å². The second kappa shape index (κ2) is 9.65. The Hall–Kier alpha value is -3.02. The molecule has 6 heteroatoms. The monoisotopic (exact) mass is 404 g/mol. The molecule has 0 atom stereocenters. The number of aromatic amines is 1. The van der Waals surface area contributed by atoms with E-state index < -0.39 is 0 Å². The van der Waals surface area contributed by atoms with E-state index in [-0.39, 0.29) is 0 Å². The summed E-state index contributed by atoms with van der Waals surface area (Å²) in [5, 5.41) is 8.35. The molecule has 30 heavy (non-hydrogen) atoms. The number of guanidine groups is 1. The Morgan fingerprint density at radius 3 is 2.83 bits per heavy atom. The number of para-hydroxylation sites is 1. The maximum Gasteiger partial charge on any atom is 0.191 e. The second-order valence-electron chi connectivity index (χ2n) is 7.92. The van der Waals surface area contributed by atoms with E-state index in [4.69, 9.17) is 4.99 Å². The van der Waals surface area contributed by atoms with E-state index in [1.54, 1.807) is 0 Å². The number of piperidine rings is 1. The molecule has 2 aromatic heterocycles. The molecule has 1 saturated heterocycles. The lowest BCUT2D eigenvalue weighted by Crippen LogP contribution is -2.49. The van der Waals surface area contributed by atoms with E-state index in [1.165, 1.54) is 22.0 Å². The number of benzene rings is 1. The van der Waals surface area contributed by atoms with Crippen LogP contribution in [0, 0.1) is 6.92 Å². The van der Waals surface area contributed by atoms with Crippen molar-refractivity contribution in [3.63, 3.8) is 0 Å². The molecule has 0 radical (unpaired) electrons. The quantitative estimate of drug-likeness (QED) is 0.433. The highest BCUT2D eigenvalue weighted by Crippen LogP contribution is 2.21. The van der Waals surface area contributed by atoms with Crippen molar-refractivity contribution >= 4 is 22.7 Å². The fraction of sp³-hybridized carbons (Fsp3) is 0.417. The summed E-state index contributed by atoms with van der Waals surface area (Å²) in [6.07, 6.45) is 7.09. The van der Waals surface area contributed by atoms with Gasteiger partial charge in [-0.25, -0.2) is 4.98 Å². The standard InChI is InChI=1S/C24H32N6/c1-3-25-24(27-14-10-19-17-28-23-18(2)7-6-8-21(19)23)29-20-11-15-30(16-12-20)22-9-4-5-13-26-22/h4-9,13,17,20,28H,3,10-12,14-16H2,1-2H3,(H2,25,27,29). The maximum absolute atomic E-state index is 4.84. The van der Waals surface area contributed by atoms with Gasteiger partial charge in [-0.1, -0.05) is 24.3 Å². The van der Waals surface area contributed by atoms with Crippen LogP contribution in [0.2, 0.25) is 0 Å². The highest BCUT2D eigenvalue weighted by Gasteiger charge is 2.20. The first-order valence-corrected chi connectivity index (χ1v) is 11.0. The van der Waals surface area contributed by atoms with Crippen molar-refractivity contribution in [2.75, 3.05) is 31.1 Å². The first kappa shape index (κ1) is 20.3. The molecule has 1 aliphatic rings. The number of anilines is 1. The summed E-state index contributed by atoms with van der Waals surface area (Å²) < 4.78 is 0. The highest BCUT2D eigenvalue weighted by atomic mass is 15.2. The lowest BCUT2D eigenvalue weighted by atomic mass is 10.1. The number of H-pyrrole nitrogens is 1. The fourth-order valence-electron chi connectivity index (χ4n) is 4.17. The number of rotatable bonds is 6. The second-order valence-corrected chi connectivity index (χ2v) is 7.92. The van der Waals surface area contributed by atoms with Gasteiger partial charge in [-0.3, -0.25) is 4.99 Å². The number of nitrogens with one attached hydrogen (secondary N) is 3. The molecular formula is C24H32N6. The number of hydrogen-bond acceptors (Lipinski definition) is 3. The summed E-state index contributed by atoms with van der Waals surface area (Å²) in [6, 6.07) is 13.0. The van der Waals surface area contributed by atoms with Gasteiger partial charge in [0.25, 0.3) is 0 Å². The van der Waals surface area contributed by atoms with Gasteiger partial charge in [0, 0.05) is 55.5 Å². The van der Waals surface area contributed by atoms with Gasteiger partial charge in [0.15, 0.2) is 5.96 Å². The van der Waals surface area contributed by atoms with Crippen LogP contribution in [0.25, 0.3) is 10.9 Å². The molecule has 3 heterocycles. The van der Waals surface area contributed by atoms with Crippen LogP contribution in [-0.4, -0.2) is 48.1 Å². The summed E-state index contributed by atoms with van der Waals surface area (Å²) >= 11 is 0. The lowest BCUT2D eigenvalue weighted by molar-refractivity contribution is 0.459. The van der Waals surface area contributed by atoms with Crippen molar-refractivity contribution < 1.29 is 0 Å². The Balaban J connectivity index is 1.32. The molecule has 6 nitrogen and oxygen atoms in total. The average Bonchev–Trinajstić information content (AvgIpc) is 3.19. The summed E-state index contributed by atoms with van der Waals surface area (Å²) in [7, 11) is 0. The van der Waals surface area contributed by atoms with Crippen molar-refractivity contribution in [1.29, 1.82) is 0 Å². The van der Waals surface area contributed by atoms with Gasteiger partial charge in [0.05, 0.1) is 0 Å². The predicted octanol–water partition coefficient (Wildman–Crippen LogP) is 3.64. The minimum atomic E-state index is 0.443.